The highest BCUT2D eigenvalue weighted by molar-refractivity contribution is 14.0. The molecule has 0 aromatic heterocycles. The monoisotopic (exact) mass is 470 g/mol. The molecule has 2 fully saturated rings. The molecule has 1 aliphatic heterocycles. The van der Waals surface area contributed by atoms with E-state index in [0.29, 0.717) is 0 Å². The topological polar surface area (TPSA) is 40.1 Å². The lowest BCUT2D eigenvalue weighted by atomic mass is 10.3. The maximum atomic E-state index is 5.24. The van der Waals surface area contributed by atoms with Crippen LogP contribution in [0.2, 0.25) is 0 Å². The van der Waals surface area contributed by atoms with Gasteiger partial charge in [-0.05, 0) is 26.2 Å². The summed E-state index contributed by atoms with van der Waals surface area (Å²) in [5.41, 5.74) is 0. The number of hydrogen-bond donors (Lipinski definition) is 1. The van der Waals surface area contributed by atoms with Crippen molar-refractivity contribution in [2.45, 2.75) is 44.4 Å². The molecule has 1 saturated heterocycles. The van der Waals surface area contributed by atoms with E-state index in [4.69, 9.17) is 9.73 Å². The Morgan fingerprint density at radius 3 is 2.75 bits per heavy atom. The second-order valence-corrected chi connectivity index (χ2v) is 7.75. The molecule has 24 heavy (non-hydrogen) atoms. The van der Waals surface area contributed by atoms with E-state index in [0.717, 1.165) is 63.1 Å². The fourth-order valence-corrected chi connectivity index (χ4v) is 4.17. The molecule has 1 aliphatic carbocycles. The van der Waals surface area contributed by atoms with Crippen molar-refractivity contribution < 1.29 is 4.74 Å². The first-order valence-electron chi connectivity index (χ1n) is 9.16. The fourth-order valence-electron chi connectivity index (χ4n) is 2.99. The number of thioether (sulfide) groups is 1. The Hall–Kier alpha value is 0.270. The van der Waals surface area contributed by atoms with Gasteiger partial charge in [0.25, 0.3) is 0 Å². The van der Waals surface area contributed by atoms with E-state index in [-0.39, 0.29) is 24.0 Å². The Balaban J connectivity index is 0.00000288. The number of halogens is 1. The summed E-state index contributed by atoms with van der Waals surface area (Å²) in [6, 6.07) is 0.777. The van der Waals surface area contributed by atoms with Crippen molar-refractivity contribution in [2.75, 3.05) is 58.7 Å². The molecule has 0 aromatic carbocycles. The summed E-state index contributed by atoms with van der Waals surface area (Å²) in [6.07, 6.45) is 3.93. The van der Waals surface area contributed by atoms with E-state index in [1.165, 1.54) is 25.0 Å². The van der Waals surface area contributed by atoms with Crippen molar-refractivity contribution >= 4 is 41.7 Å². The number of hydrogen-bond acceptors (Lipinski definition) is 4. The van der Waals surface area contributed by atoms with Gasteiger partial charge in [-0.3, -0.25) is 9.89 Å². The molecule has 1 heterocycles. The van der Waals surface area contributed by atoms with Gasteiger partial charge in [-0.1, -0.05) is 6.92 Å². The molecule has 0 radical (unpaired) electrons. The maximum Gasteiger partial charge on any atom is 0.194 e. The van der Waals surface area contributed by atoms with E-state index in [2.05, 4.69) is 40.7 Å². The first-order chi connectivity index (χ1) is 11.3. The molecule has 7 heteroatoms. The summed E-state index contributed by atoms with van der Waals surface area (Å²) in [4.78, 5) is 9.89. The SMILES string of the molecule is CCNC(=NCCN(CCOC)C1CC1)N1CCSC(CC)C1.I. The Morgan fingerprint density at radius 2 is 2.12 bits per heavy atom. The summed E-state index contributed by atoms with van der Waals surface area (Å²) >= 11 is 2.11. The number of ether oxygens (including phenoxy) is 1. The second kappa shape index (κ2) is 12.6. The molecule has 5 nitrogen and oxygen atoms in total. The minimum atomic E-state index is 0. The highest BCUT2D eigenvalue weighted by Crippen LogP contribution is 2.26. The molecule has 2 rings (SSSR count). The van der Waals surface area contributed by atoms with Gasteiger partial charge in [-0.15, -0.1) is 24.0 Å². The average molecular weight is 470 g/mol. The minimum Gasteiger partial charge on any atom is -0.383 e. The number of nitrogens with zero attached hydrogens (tertiary/aromatic N) is 3. The van der Waals surface area contributed by atoms with Gasteiger partial charge in [-0.25, -0.2) is 0 Å². The van der Waals surface area contributed by atoms with Crippen LogP contribution in [0.15, 0.2) is 4.99 Å². The standard InChI is InChI=1S/C17H34N4OS.HI/c1-4-16-14-21(11-13-23-16)17(18-5-2)19-8-9-20(10-12-22-3)15-6-7-15;/h15-16H,4-14H2,1-3H3,(H,18,19);1H. The number of rotatable bonds is 9. The normalized spacial score (nSPS) is 21.8. The van der Waals surface area contributed by atoms with Crippen LogP contribution >= 0.6 is 35.7 Å². The van der Waals surface area contributed by atoms with E-state index < -0.39 is 0 Å². The molecule has 0 aromatic rings. The van der Waals surface area contributed by atoms with Crippen LogP contribution in [-0.2, 0) is 4.74 Å². The summed E-state index contributed by atoms with van der Waals surface area (Å²) in [6.45, 7) is 11.4. The Kier molecular flexibility index (Phi) is 11.7. The van der Waals surface area contributed by atoms with Crippen molar-refractivity contribution in [2.24, 2.45) is 4.99 Å². The Bertz CT molecular complexity index is 368. The Labute approximate surface area is 169 Å². The zero-order valence-electron chi connectivity index (χ0n) is 15.5. The largest absolute Gasteiger partial charge is 0.383 e. The van der Waals surface area contributed by atoms with Gasteiger partial charge in [0, 0.05) is 56.9 Å². The molecule has 1 atom stereocenters. The molecular formula is C17H35IN4OS. The lowest BCUT2D eigenvalue weighted by molar-refractivity contribution is 0.145. The molecule has 1 N–H and O–H groups in total. The van der Waals surface area contributed by atoms with Crippen LogP contribution in [0.4, 0.5) is 0 Å². The molecule has 2 aliphatic rings. The van der Waals surface area contributed by atoms with Crippen LogP contribution in [-0.4, -0.2) is 85.8 Å². The van der Waals surface area contributed by atoms with Gasteiger partial charge in [0.2, 0.25) is 0 Å². The third-order valence-corrected chi connectivity index (χ3v) is 5.90. The number of guanidine groups is 1. The average Bonchev–Trinajstić information content (AvgIpc) is 3.42. The summed E-state index contributed by atoms with van der Waals surface area (Å²) in [5.74, 6) is 2.32. The minimum absolute atomic E-state index is 0. The predicted octanol–water partition coefficient (Wildman–Crippen LogP) is 2.51. The van der Waals surface area contributed by atoms with E-state index >= 15 is 0 Å². The molecule has 142 valence electrons. The van der Waals surface area contributed by atoms with Crippen molar-refractivity contribution in [3.8, 4) is 0 Å². The van der Waals surface area contributed by atoms with E-state index in [9.17, 15) is 0 Å². The van der Waals surface area contributed by atoms with Crippen molar-refractivity contribution in [1.29, 1.82) is 0 Å². The third-order valence-electron chi connectivity index (χ3n) is 4.52. The first kappa shape index (κ1) is 22.3. The van der Waals surface area contributed by atoms with Crippen LogP contribution in [0.5, 0.6) is 0 Å². The van der Waals surface area contributed by atoms with Gasteiger partial charge >= 0.3 is 0 Å². The van der Waals surface area contributed by atoms with Gasteiger partial charge in [0.15, 0.2) is 5.96 Å². The lowest BCUT2D eigenvalue weighted by Crippen LogP contribution is -2.48. The summed E-state index contributed by atoms with van der Waals surface area (Å²) in [7, 11) is 1.78. The molecular weight excluding hydrogens is 435 g/mol. The zero-order valence-corrected chi connectivity index (χ0v) is 18.6. The highest BCUT2D eigenvalue weighted by Gasteiger charge is 2.28. The zero-order chi connectivity index (χ0) is 16.5. The molecule has 0 bridgehead atoms. The van der Waals surface area contributed by atoms with E-state index in [1.54, 1.807) is 7.11 Å². The van der Waals surface area contributed by atoms with Crippen LogP contribution in [0, 0.1) is 0 Å². The van der Waals surface area contributed by atoms with Crippen molar-refractivity contribution in [3.05, 3.63) is 0 Å². The lowest BCUT2D eigenvalue weighted by Gasteiger charge is -2.34. The van der Waals surface area contributed by atoms with E-state index in [1.807, 2.05) is 0 Å². The van der Waals surface area contributed by atoms with Crippen LogP contribution in [0.25, 0.3) is 0 Å². The van der Waals surface area contributed by atoms with Gasteiger partial charge in [-0.2, -0.15) is 11.8 Å². The van der Waals surface area contributed by atoms with Gasteiger partial charge < -0.3 is 15.0 Å². The molecule has 0 spiro atoms. The molecule has 1 unspecified atom stereocenters. The summed E-state index contributed by atoms with van der Waals surface area (Å²) < 4.78 is 5.24. The summed E-state index contributed by atoms with van der Waals surface area (Å²) in [5, 5.41) is 4.23. The third kappa shape index (κ3) is 7.66. The number of methoxy groups -OCH3 is 1. The van der Waals surface area contributed by atoms with Gasteiger partial charge in [0.05, 0.1) is 13.2 Å². The predicted molar refractivity (Wildman–Crippen MR) is 116 cm³/mol. The van der Waals surface area contributed by atoms with Crippen LogP contribution < -0.4 is 5.32 Å². The molecule has 1 saturated carbocycles. The Morgan fingerprint density at radius 1 is 1.33 bits per heavy atom. The van der Waals surface area contributed by atoms with Crippen LogP contribution in [0.1, 0.15) is 33.1 Å². The first-order valence-corrected chi connectivity index (χ1v) is 10.2. The second-order valence-electron chi connectivity index (χ2n) is 6.34. The van der Waals surface area contributed by atoms with Crippen molar-refractivity contribution in [1.82, 2.24) is 15.1 Å². The maximum absolute atomic E-state index is 5.24. The highest BCUT2D eigenvalue weighted by atomic mass is 127. The smallest absolute Gasteiger partial charge is 0.194 e. The van der Waals surface area contributed by atoms with Gasteiger partial charge in [0.1, 0.15) is 0 Å². The van der Waals surface area contributed by atoms with Crippen molar-refractivity contribution in [3.63, 3.8) is 0 Å². The fraction of sp³-hybridized carbons (Fsp3) is 0.941. The van der Waals surface area contributed by atoms with Crippen LogP contribution in [0.3, 0.4) is 0 Å². The number of aliphatic imine (C=N–C) groups is 1. The molecule has 0 amide bonds. The quantitative estimate of drug-likeness (QED) is 0.319. The number of nitrogens with one attached hydrogen (secondary N) is 1.